The van der Waals surface area contributed by atoms with E-state index in [1.54, 1.807) is 0 Å². The maximum absolute atomic E-state index is 6.05. The van der Waals surface area contributed by atoms with Crippen LogP contribution in [-0.4, -0.2) is 32.6 Å². The van der Waals surface area contributed by atoms with Gasteiger partial charge < -0.3 is 10.1 Å². The normalized spacial score (nSPS) is 20.0. The minimum Gasteiger partial charge on any atom is -0.357 e. The predicted octanol–water partition coefficient (Wildman–Crippen LogP) is 3.20. The van der Waals surface area contributed by atoms with Gasteiger partial charge in [0.2, 0.25) is 5.28 Å². The van der Waals surface area contributed by atoms with Crippen molar-refractivity contribution < 1.29 is 4.74 Å². The Bertz CT molecular complexity index is 781. The van der Waals surface area contributed by atoms with Crippen LogP contribution in [-0.2, 0) is 17.7 Å². The van der Waals surface area contributed by atoms with Crippen molar-refractivity contribution in [2.24, 2.45) is 4.99 Å². The summed E-state index contributed by atoms with van der Waals surface area (Å²) in [4.78, 5) is 12.9. The van der Waals surface area contributed by atoms with Gasteiger partial charge in [-0.2, -0.15) is 5.10 Å². The fraction of sp³-hybridized carbons (Fsp3) is 0.500. The van der Waals surface area contributed by atoms with Gasteiger partial charge in [0.25, 0.3) is 0 Å². The zero-order valence-electron chi connectivity index (χ0n) is 13.5. The van der Waals surface area contributed by atoms with E-state index in [0.717, 1.165) is 42.2 Å². The van der Waals surface area contributed by atoms with E-state index >= 15 is 0 Å². The van der Waals surface area contributed by atoms with Crippen molar-refractivity contribution in [3.63, 3.8) is 0 Å². The third-order valence-electron chi connectivity index (χ3n) is 4.33. The summed E-state index contributed by atoms with van der Waals surface area (Å²) in [5, 5.41) is 8.16. The van der Waals surface area contributed by atoms with Gasteiger partial charge >= 0.3 is 0 Å². The molecule has 0 radical (unpaired) electrons. The first-order valence-corrected chi connectivity index (χ1v) is 8.57. The van der Waals surface area contributed by atoms with E-state index in [0.29, 0.717) is 18.8 Å². The highest BCUT2D eigenvalue weighted by molar-refractivity contribution is 6.28. The molecule has 4 rings (SSSR count). The Labute approximate surface area is 145 Å². The van der Waals surface area contributed by atoms with Crippen LogP contribution < -0.4 is 5.32 Å². The van der Waals surface area contributed by atoms with Crippen LogP contribution in [0, 0.1) is 6.92 Å². The zero-order valence-corrected chi connectivity index (χ0v) is 14.3. The summed E-state index contributed by atoms with van der Waals surface area (Å²) >= 11 is 6.05. The Kier molecular flexibility index (Phi) is 4.20. The molecule has 24 heavy (non-hydrogen) atoms. The molecule has 2 aliphatic heterocycles. The third kappa shape index (κ3) is 3.01. The number of hydrogen-bond donors (Lipinski definition) is 1. The maximum Gasteiger partial charge on any atom is 0.224 e. The van der Waals surface area contributed by atoms with Crippen LogP contribution in [0.15, 0.2) is 11.1 Å². The minimum atomic E-state index is 0.0179. The lowest BCUT2D eigenvalue weighted by molar-refractivity contribution is -0.0404. The smallest absolute Gasteiger partial charge is 0.224 e. The number of fused-ring (bicyclic) bond motifs is 1. The first-order chi connectivity index (χ1) is 11.7. The molecular formula is C16H19ClN6O. The second-order valence-electron chi connectivity index (χ2n) is 6.06. The quantitative estimate of drug-likeness (QED) is 0.863. The molecule has 8 heteroatoms. The molecule has 0 bridgehead atoms. The molecule has 1 fully saturated rings. The highest BCUT2D eigenvalue weighted by Gasteiger charge is 2.20. The summed E-state index contributed by atoms with van der Waals surface area (Å²) in [7, 11) is 0. The second-order valence-corrected chi connectivity index (χ2v) is 6.39. The summed E-state index contributed by atoms with van der Waals surface area (Å²) in [6.07, 6.45) is 5.87. The van der Waals surface area contributed by atoms with Crippen molar-refractivity contribution in [1.82, 2.24) is 19.7 Å². The minimum absolute atomic E-state index is 0.0179. The lowest BCUT2D eigenvalue weighted by atomic mass is 10.1. The van der Waals surface area contributed by atoms with Gasteiger partial charge in [0, 0.05) is 36.6 Å². The van der Waals surface area contributed by atoms with E-state index < -0.39 is 0 Å². The predicted molar refractivity (Wildman–Crippen MR) is 92.0 cm³/mol. The van der Waals surface area contributed by atoms with Gasteiger partial charge in [-0.25, -0.2) is 14.6 Å². The number of aliphatic imine (C=N–C) groups is 1. The summed E-state index contributed by atoms with van der Waals surface area (Å²) in [5.41, 5.74) is 2.95. The number of halogens is 1. The summed E-state index contributed by atoms with van der Waals surface area (Å²) in [6, 6.07) is 2.00. The van der Waals surface area contributed by atoms with Crippen LogP contribution in [0.1, 0.15) is 42.4 Å². The number of nitrogens with one attached hydrogen (secondary N) is 1. The van der Waals surface area contributed by atoms with Gasteiger partial charge in [0.1, 0.15) is 5.82 Å². The Morgan fingerprint density at radius 1 is 1.33 bits per heavy atom. The molecule has 2 aliphatic rings. The topological polar surface area (TPSA) is 77.2 Å². The number of rotatable bonds is 3. The van der Waals surface area contributed by atoms with E-state index in [1.807, 2.05) is 23.9 Å². The molecule has 1 N–H and O–H groups in total. The standard InChI is InChI=1S/C16H19ClN6O/c1-10-8-13(22-23(10)14-4-2-3-7-24-14)20-15-11-5-6-18-9-12(11)19-16(17)21-15/h6,8,14H,2-5,7,9H2,1H3,(H,19,20,21,22). The molecule has 1 unspecified atom stereocenters. The first-order valence-electron chi connectivity index (χ1n) is 8.19. The van der Waals surface area contributed by atoms with Crippen LogP contribution in [0.3, 0.4) is 0 Å². The fourth-order valence-electron chi connectivity index (χ4n) is 3.13. The molecule has 126 valence electrons. The fourth-order valence-corrected chi connectivity index (χ4v) is 3.32. The molecule has 0 spiro atoms. The third-order valence-corrected chi connectivity index (χ3v) is 4.50. The van der Waals surface area contributed by atoms with Gasteiger partial charge in [-0.3, -0.25) is 4.99 Å². The molecule has 1 saturated heterocycles. The van der Waals surface area contributed by atoms with Crippen LogP contribution in [0.2, 0.25) is 5.28 Å². The van der Waals surface area contributed by atoms with Gasteiger partial charge in [-0.05, 0) is 37.8 Å². The van der Waals surface area contributed by atoms with Gasteiger partial charge in [0.15, 0.2) is 12.0 Å². The van der Waals surface area contributed by atoms with Crippen molar-refractivity contribution in [1.29, 1.82) is 0 Å². The number of ether oxygens (including phenoxy) is 1. The molecule has 1 atom stereocenters. The van der Waals surface area contributed by atoms with E-state index in [-0.39, 0.29) is 11.5 Å². The van der Waals surface area contributed by atoms with Crippen LogP contribution in [0.25, 0.3) is 0 Å². The van der Waals surface area contributed by atoms with Gasteiger partial charge in [-0.1, -0.05) is 0 Å². The van der Waals surface area contributed by atoms with Crippen molar-refractivity contribution in [2.45, 2.75) is 45.4 Å². The summed E-state index contributed by atoms with van der Waals surface area (Å²) < 4.78 is 7.77. The lowest BCUT2D eigenvalue weighted by Crippen LogP contribution is -2.20. The van der Waals surface area contributed by atoms with E-state index in [9.17, 15) is 0 Å². The highest BCUT2D eigenvalue weighted by atomic mass is 35.5. The van der Waals surface area contributed by atoms with Gasteiger partial charge in [0.05, 0.1) is 12.2 Å². The van der Waals surface area contributed by atoms with Crippen LogP contribution in [0.5, 0.6) is 0 Å². The monoisotopic (exact) mass is 346 g/mol. The Morgan fingerprint density at radius 2 is 2.25 bits per heavy atom. The Hall–Kier alpha value is -1.99. The number of aryl methyl sites for hydroxylation is 1. The van der Waals surface area contributed by atoms with E-state index in [4.69, 9.17) is 16.3 Å². The average Bonchev–Trinajstić information content (AvgIpc) is 2.96. The molecule has 2 aromatic heterocycles. The second kappa shape index (κ2) is 6.49. The molecule has 0 aromatic carbocycles. The SMILES string of the molecule is Cc1cc(Nc2nc(Cl)nc3c2CC=NC3)nn1C1CCCCO1. The first kappa shape index (κ1) is 15.5. The molecule has 0 aliphatic carbocycles. The van der Waals surface area contributed by atoms with Crippen molar-refractivity contribution in [2.75, 3.05) is 11.9 Å². The number of nitrogens with zero attached hydrogens (tertiary/aromatic N) is 5. The van der Waals surface area contributed by atoms with Crippen molar-refractivity contribution in [3.05, 3.63) is 28.3 Å². The Morgan fingerprint density at radius 3 is 3.08 bits per heavy atom. The van der Waals surface area contributed by atoms with E-state index in [2.05, 4.69) is 25.4 Å². The largest absolute Gasteiger partial charge is 0.357 e. The highest BCUT2D eigenvalue weighted by Crippen LogP contribution is 2.28. The lowest BCUT2D eigenvalue weighted by Gasteiger charge is -2.23. The number of anilines is 2. The van der Waals surface area contributed by atoms with E-state index in [1.165, 1.54) is 6.42 Å². The van der Waals surface area contributed by atoms with Crippen LogP contribution in [0.4, 0.5) is 11.6 Å². The van der Waals surface area contributed by atoms with Crippen molar-refractivity contribution in [3.8, 4) is 0 Å². The molecule has 0 saturated carbocycles. The van der Waals surface area contributed by atoms with Gasteiger partial charge in [-0.15, -0.1) is 0 Å². The maximum atomic E-state index is 6.05. The molecule has 7 nitrogen and oxygen atoms in total. The van der Waals surface area contributed by atoms with Crippen molar-refractivity contribution >= 4 is 29.5 Å². The average molecular weight is 347 g/mol. The zero-order chi connectivity index (χ0) is 16.5. The molecule has 0 amide bonds. The summed E-state index contributed by atoms with van der Waals surface area (Å²) in [6.45, 7) is 3.36. The molecule has 2 aromatic rings. The Balaban J connectivity index is 1.61. The molecule has 4 heterocycles. The molecular weight excluding hydrogens is 328 g/mol. The summed E-state index contributed by atoms with van der Waals surface area (Å²) in [5.74, 6) is 1.44. The van der Waals surface area contributed by atoms with Crippen LogP contribution >= 0.6 is 11.6 Å². The number of hydrogen-bond acceptors (Lipinski definition) is 6. The number of aromatic nitrogens is 4.